The second-order valence-electron chi connectivity index (χ2n) is 8.95. The van der Waals surface area contributed by atoms with Crippen LogP contribution in [-0.2, 0) is 22.3 Å². The number of esters is 2. The first kappa shape index (κ1) is 32.7. The molecule has 3 rings (SSSR count). The van der Waals surface area contributed by atoms with E-state index in [2.05, 4.69) is 13.8 Å². The minimum atomic E-state index is -0.945. The van der Waals surface area contributed by atoms with Gasteiger partial charge in [-0.1, -0.05) is 66.3 Å². The van der Waals surface area contributed by atoms with Crippen LogP contribution in [0.3, 0.4) is 0 Å². The molecule has 2 unspecified atom stereocenters. The number of aryl methyl sites for hydroxylation is 2. The van der Waals surface area contributed by atoms with E-state index >= 15 is 0 Å². The lowest BCUT2D eigenvalue weighted by molar-refractivity contribution is 0.00875. The summed E-state index contributed by atoms with van der Waals surface area (Å²) in [6, 6.07) is 11.9. The number of hydrogen-bond acceptors (Lipinski definition) is 7. The van der Waals surface area contributed by atoms with Crippen LogP contribution in [0.2, 0.25) is 20.1 Å². The largest absolute Gasteiger partial charge is 0.494 e. The van der Waals surface area contributed by atoms with Gasteiger partial charge in [0.1, 0.15) is 11.1 Å². The van der Waals surface area contributed by atoms with E-state index < -0.39 is 24.4 Å². The van der Waals surface area contributed by atoms with E-state index in [0.29, 0.717) is 5.69 Å². The minimum absolute atomic E-state index is 0.0239. The van der Waals surface area contributed by atoms with Crippen molar-refractivity contribution < 1.29 is 28.5 Å². The Morgan fingerprint density at radius 2 is 1.10 bits per heavy atom. The third kappa shape index (κ3) is 7.15. The van der Waals surface area contributed by atoms with Crippen LogP contribution in [0.15, 0.2) is 42.5 Å². The van der Waals surface area contributed by atoms with E-state index in [-0.39, 0.29) is 42.7 Å². The lowest BCUT2D eigenvalue weighted by atomic mass is 10.0. The molecule has 11 heteroatoms. The van der Waals surface area contributed by atoms with Gasteiger partial charge in [0.25, 0.3) is 0 Å². The van der Waals surface area contributed by atoms with Crippen LogP contribution >= 0.6 is 46.4 Å². The van der Waals surface area contributed by atoms with E-state index in [1.807, 2.05) is 18.2 Å². The second-order valence-corrected chi connectivity index (χ2v) is 10.6. The third-order valence-corrected chi connectivity index (χ3v) is 7.75. The van der Waals surface area contributed by atoms with Crippen molar-refractivity contribution in [1.29, 1.82) is 0 Å². The highest BCUT2D eigenvalue weighted by Gasteiger charge is 2.31. The van der Waals surface area contributed by atoms with Crippen LogP contribution in [0.1, 0.15) is 59.5 Å². The SMILES string of the molecule is CCc1ccc(N(C(C)OC(=O)c2c(Cl)ccc(Cl)c2OC)C(C)OC(=O)c2c(Cl)ccc(Cl)c2OC)cc1CC. The van der Waals surface area contributed by atoms with Gasteiger partial charge in [-0.3, -0.25) is 0 Å². The number of anilines is 1. The topological polar surface area (TPSA) is 74.3 Å². The fraction of sp³-hybridized carbons (Fsp3) is 0.333. The molecule has 0 N–H and O–H groups in total. The van der Waals surface area contributed by atoms with Crippen LogP contribution in [0.25, 0.3) is 0 Å². The highest BCUT2D eigenvalue weighted by molar-refractivity contribution is 6.37. The molecule has 2 atom stereocenters. The minimum Gasteiger partial charge on any atom is -0.494 e. The smallest absolute Gasteiger partial charge is 0.345 e. The van der Waals surface area contributed by atoms with Gasteiger partial charge in [-0.05, 0) is 74.2 Å². The number of methoxy groups -OCH3 is 2. The van der Waals surface area contributed by atoms with Gasteiger partial charge in [0, 0.05) is 5.69 Å². The van der Waals surface area contributed by atoms with Gasteiger partial charge in [-0.15, -0.1) is 0 Å². The normalized spacial score (nSPS) is 12.3. The number of rotatable bonds is 11. The Labute approximate surface area is 260 Å². The van der Waals surface area contributed by atoms with Crippen molar-refractivity contribution in [3.8, 4) is 11.5 Å². The summed E-state index contributed by atoms with van der Waals surface area (Å²) in [6.07, 6.45) is -0.269. The first-order valence-electron chi connectivity index (χ1n) is 12.8. The quantitative estimate of drug-likeness (QED) is 0.153. The zero-order valence-electron chi connectivity index (χ0n) is 23.5. The van der Waals surface area contributed by atoms with Crippen molar-refractivity contribution >= 4 is 64.0 Å². The summed E-state index contributed by atoms with van der Waals surface area (Å²) in [5.41, 5.74) is 2.89. The molecular formula is C30H31Cl4NO6. The van der Waals surface area contributed by atoms with Crippen molar-refractivity contribution in [3.05, 3.63) is 84.8 Å². The van der Waals surface area contributed by atoms with Crippen LogP contribution in [0.5, 0.6) is 11.5 Å². The Hall–Kier alpha value is -2.84. The van der Waals surface area contributed by atoms with Crippen molar-refractivity contribution in [2.24, 2.45) is 0 Å². The van der Waals surface area contributed by atoms with Gasteiger partial charge in [0.05, 0.1) is 34.3 Å². The first-order valence-corrected chi connectivity index (χ1v) is 14.4. The molecule has 0 aliphatic carbocycles. The van der Waals surface area contributed by atoms with Gasteiger partial charge >= 0.3 is 11.9 Å². The number of ether oxygens (including phenoxy) is 4. The van der Waals surface area contributed by atoms with E-state index in [9.17, 15) is 9.59 Å². The van der Waals surface area contributed by atoms with E-state index in [4.69, 9.17) is 65.4 Å². The maximum Gasteiger partial charge on any atom is 0.345 e. The fourth-order valence-electron chi connectivity index (χ4n) is 4.55. The number of hydrogen-bond donors (Lipinski definition) is 0. The van der Waals surface area contributed by atoms with Gasteiger partial charge in [0.15, 0.2) is 24.0 Å². The van der Waals surface area contributed by atoms with E-state index in [1.54, 1.807) is 18.7 Å². The standard InChI is InChI=1S/C30H31Cl4NO6/c1-7-18-9-10-20(15-19(18)8-2)35(16(3)40-29(36)25-21(31)11-13-23(33)27(25)38-5)17(4)41-30(37)26-22(32)12-14-24(34)28(26)39-6/h9-17H,7-8H2,1-6H3. The molecule has 0 saturated heterocycles. The van der Waals surface area contributed by atoms with Gasteiger partial charge in [-0.25, -0.2) is 9.59 Å². The summed E-state index contributed by atoms with van der Waals surface area (Å²) in [5.74, 6) is -1.37. The summed E-state index contributed by atoms with van der Waals surface area (Å²) in [5, 5.41) is 0.618. The van der Waals surface area contributed by atoms with Gasteiger partial charge in [-0.2, -0.15) is 0 Å². The molecule has 0 saturated carbocycles. The van der Waals surface area contributed by atoms with Gasteiger partial charge < -0.3 is 23.8 Å². The summed E-state index contributed by atoms with van der Waals surface area (Å²) < 4.78 is 22.4. The summed E-state index contributed by atoms with van der Waals surface area (Å²) in [7, 11) is 2.75. The predicted molar refractivity (Wildman–Crippen MR) is 163 cm³/mol. The lowest BCUT2D eigenvalue weighted by Gasteiger charge is -2.36. The van der Waals surface area contributed by atoms with Gasteiger partial charge in [0.2, 0.25) is 0 Å². The van der Waals surface area contributed by atoms with Crippen molar-refractivity contribution in [2.75, 3.05) is 19.1 Å². The summed E-state index contributed by atoms with van der Waals surface area (Å²) in [6.45, 7) is 7.43. The Morgan fingerprint density at radius 1 is 0.683 bits per heavy atom. The lowest BCUT2D eigenvalue weighted by Crippen LogP contribution is -2.45. The van der Waals surface area contributed by atoms with Crippen molar-refractivity contribution in [2.45, 2.75) is 53.0 Å². The third-order valence-electron chi connectivity index (χ3n) is 6.52. The zero-order chi connectivity index (χ0) is 30.4. The molecule has 0 radical (unpaired) electrons. The molecule has 0 fully saturated rings. The number of benzene rings is 3. The molecule has 3 aromatic carbocycles. The molecule has 41 heavy (non-hydrogen) atoms. The molecule has 0 amide bonds. The number of halogens is 4. The Bertz CT molecular complexity index is 1350. The van der Waals surface area contributed by atoms with E-state index in [0.717, 1.165) is 18.4 Å². The molecule has 0 bridgehead atoms. The molecular weight excluding hydrogens is 612 g/mol. The Balaban J connectivity index is 2.03. The van der Waals surface area contributed by atoms with Crippen LogP contribution in [-0.4, -0.2) is 38.6 Å². The van der Waals surface area contributed by atoms with E-state index in [1.165, 1.54) is 44.0 Å². The number of carbonyl (C=O) groups is 2. The maximum atomic E-state index is 13.4. The van der Waals surface area contributed by atoms with Crippen LogP contribution < -0.4 is 14.4 Å². The molecule has 7 nitrogen and oxygen atoms in total. The van der Waals surface area contributed by atoms with Crippen LogP contribution in [0.4, 0.5) is 5.69 Å². The molecule has 0 aliphatic rings. The van der Waals surface area contributed by atoms with Crippen molar-refractivity contribution in [1.82, 2.24) is 0 Å². The average molecular weight is 643 g/mol. The monoisotopic (exact) mass is 641 g/mol. The molecule has 0 aliphatic heterocycles. The average Bonchev–Trinajstić information content (AvgIpc) is 2.94. The second kappa shape index (κ2) is 14.4. The summed E-state index contributed by atoms with van der Waals surface area (Å²) in [4.78, 5) is 28.4. The molecule has 0 heterocycles. The summed E-state index contributed by atoms with van der Waals surface area (Å²) >= 11 is 25.1. The Kier molecular flexibility index (Phi) is 11.4. The maximum absolute atomic E-state index is 13.4. The predicted octanol–water partition coefficient (Wildman–Crippen LogP) is 8.65. The number of nitrogens with zero attached hydrogens (tertiary/aromatic N) is 1. The highest BCUT2D eigenvalue weighted by atomic mass is 35.5. The molecule has 220 valence electrons. The zero-order valence-corrected chi connectivity index (χ0v) is 26.5. The molecule has 0 spiro atoms. The van der Waals surface area contributed by atoms with Crippen molar-refractivity contribution in [3.63, 3.8) is 0 Å². The Morgan fingerprint density at radius 3 is 1.49 bits per heavy atom. The fourth-order valence-corrected chi connectivity index (χ4v) is 5.47. The van der Waals surface area contributed by atoms with Crippen LogP contribution in [0, 0.1) is 0 Å². The highest BCUT2D eigenvalue weighted by Crippen LogP contribution is 2.37. The number of carbonyl (C=O) groups excluding carboxylic acids is 2. The molecule has 0 aromatic heterocycles. The first-order chi connectivity index (χ1) is 19.5. The molecule has 3 aromatic rings.